The van der Waals surface area contributed by atoms with Crippen LogP contribution in [-0.2, 0) is 11.2 Å². The second-order valence-corrected chi connectivity index (χ2v) is 7.28. The van der Waals surface area contributed by atoms with Crippen molar-refractivity contribution in [2.45, 2.75) is 57.9 Å². The molecule has 1 aliphatic rings. The summed E-state index contributed by atoms with van der Waals surface area (Å²) >= 11 is 0. The molecule has 7 nitrogen and oxygen atoms in total. The van der Waals surface area contributed by atoms with Crippen LogP contribution in [0.3, 0.4) is 0 Å². The molecular formula is C21H30N4O3. The molecule has 3 N–H and O–H groups in total. The minimum absolute atomic E-state index is 0.0122. The van der Waals surface area contributed by atoms with Crippen molar-refractivity contribution < 1.29 is 14.1 Å². The Morgan fingerprint density at radius 2 is 2.04 bits per heavy atom. The van der Waals surface area contributed by atoms with E-state index >= 15 is 0 Å². The zero-order valence-corrected chi connectivity index (χ0v) is 16.5. The fourth-order valence-electron chi connectivity index (χ4n) is 3.75. The third kappa shape index (κ3) is 5.55. The predicted molar refractivity (Wildman–Crippen MR) is 107 cm³/mol. The number of nitrogens with one attached hydrogen (secondary N) is 1. The Bertz CT molecular complexity index is 738. The molecule has 1 unspecified atom stereocenters. The number of ether oxygens (including phenoxy) is 1. The summed E-state index contributed by atoms with van der Waals surface area (Å²) in [6, 6.07) is 7.60. The first kappa shape index (κ1) is 20.3. The van der Waals surface area contributed by atoms with Gasteiger partial charge in [-0.3, -0.25) is 4.79 Å². The van der Waals surface area contributed by atoms with Crippen LogP contribution < -0.4 is 15.8 Å². The molecule has 0 bridgehead atoms. The SMILES string of the molecule is CCOc1ccc(-c2noc(CCC(=O)NC(CN)C3CCCCC3)n2)cc1. The van der Waals surface area contributed by atoms with E-state index in [2.05, 4.69) is 15.5 Å². The van der Waals surface area contributed by atoms with Gasteiger partial charge in [0.1, 0.15) is 5.75 Å². The zero-order chi connectivity index (χ0) is 19.8. The largest absolute Gasteiger partial charge is 0.494 e. The summed E-state index contributed by atoms with van der Waals surface area (Å²) in [7, 11) is 0. The van der Waals surface area contributed by atoms with E-state index < -0.39 is 0 Å². The molecule has 1 amide bonds. The molecule has 1 atom stereocenters. The zero-order valence-electron chi connectivity index (χ0n) is 16.5. The lowest BCUT2D eigenvalue weighted by Gasteiger charge is -2.30. The van der Waals surface area contributed by atoms with Gasteiger partial charge < -0.3 is 20.3 Å². The Labute approximate surface area is 166 Å². The number of amides is 1. The lowest BCUT2D eigenvalue weighted by Crippen LogP contribution is -2.46. The molecule has 1 fully saturated rings. The highest BCUT2D eigenvalue weighted by molar-refractivity contribution is 5.76. The summed E-state index contributed by atoms with van der Waals surface area (Å²) in [6.45, 7) is 3.05. The highest BCUT2D eigenvalue weighted by Gasteiger charge is 2.24. The average Bonchev–Trinajstić information content (AvgIpc) is 3.21. The van der Waals surface area contributed by atoms with Gasteiger partial charge in [-0.15, -0.1) is 0 Å². The van der Waals surface area contributed by atoms with Crippen molar-refractivity contribution in [1.29, 1.82) is 0 Å². The highest BCUT2D eigenvalue weighted by Crippen LogP contribution is 2.26. The van der Waals surface area contributed by atoms with Crippen molar-refractivity contribution in [3.63, 3.8) is 0 Å². The van der Waals surface area contributed by atoms with E-state index in [9.17, 15) is 4.79 Å². The van der Waals surface area contributed by atoms with Gasteiger partial charge in [0.2, 0.25) is 17.6 Å². The second-order valence-electron chi connectivity index (χ2n) is 7.28. The van der Waals surface area contributed by atoms with Gasteiger partial charge >= 0.3 is 0 Å². The molecule has 0 saturated heterocycles. The van der Waals surface area contributed by atoms with Gasteiger partial charge in [-0.25, -0.2) is 0 Å². The number of hydrogen-bond acceptors (Lipinski definition) is 6. The molecule has 1 aromatic heterocycles. The van der Waals surface area contributed by atoms with Crippen LogP contribution in [0.2, 0.25) is 0 Å². The van der Waals surface area contributed by atoms with Gasteiger partial charge in [0.25, 0.3) is 0 Å². The Hall–Kier alpha value is -2.41. The Balaban J connectivity index is 1.50. The number of carbonyl (C=O) groups excluding carboxylic acids is 1. The lowest BCUT2D eigenvalue weighted by atomic mass is 9.84. The van der Waals surface area contributed by atoms with E-state index in [0.717, 1.165) is 24.2 Å². The van der Waals surface area contributed by atoms with Crippen molar-refractivity contribution in [1.82, 2.24) is 15.5 Å². The predicted octanol–water partition coefficient (Wildman–Crippen LogP) is 3.09. The van der Waals surface area contributed by atoms with E-state index in [0.29, 0.717) is 43.6 Å². The monoisotopic (exact) mass is 386 g/mol. The lowest BCUT2D eigenvalue weighted by molar-refractivity contribution is -0.122. The topological polar surface area (TPSA) is 103 Å². The maximum absolute atomic E-state index is 12.3. The molecule has 1 heterocycles. The van der Waals surface area contributed by atoms with Crippen molar-refractivity contribution in [2.24, 2.45) is 11.7 Å². The Kier molecular flexibility index (Phi) is 7.42. The second kappa shape index (κ2) is 10.2. The van der Waals surface area contributed by atoms with Gasteiger partial charge in [0, 0.05) is 31.0 Å². The molecule has 2 aromatic rings. The first-order valence-electron chi connectivity index (χ1n) is 10.2. The van der Waals surface area contributed by atoms with Crippen LogP contribution in [0.4, 0.5) is 0 Å². The number of benzene rings is 1. The summed E-state index contributed by atoms with van der Waals surface area (Å²) in [5.41, 5.74) is 6.74. The normalized spacial score (nSPS) is 15.9. The number of hydrogen-bond donors (Lipinski definition) is 2. The van der Waals surface area contributed by atoms with Crippen LogP contribution in [0.1, 0.15) is 51.3 Å². The molecule has 1 saturated carbocycles. The Morgan fingerprint density at radius 3 is 2.71 bits per heavy atom. The molecule has 0 spiro atoms. The molecule has 0 radical (unpaired) electrons. The van der Waals surface area contributed by atoms with E-state index in [1.807, 2.05) is 31.2 Å². The van der Waals surface area contributed by atoms with Crippen LogP contribution in [0.5, 0.6) is 5.75 Å². The van der Waals surface area contributed by atoms with Crippen LogP contribution >= 0.6 is 0 Å². The van der Waals surface area contributed by atoms with Gasteiger partial charge in [-0.2, -0.15) is 4.98 Å². The number of nitrogens with zero attached hydrogens (tertiary/aromatic N) is 2. The molecule has 3 rings (SSSR count). The number of nitrogens with two attached hydrogens (primary N) is 1. The summed E-state index contributed by atoms with van der Waals surface area (Å²) in [6.07, 6.45) is 6.77. The van der Waals surface area contributed by atoms with E-state index in [-0.39, 0.29) is 11.9 Å². The van der Waals surface area contributed by atoms with Crippen LogP contribution in [0.25, 0.3) is 11.4 Å². The maximum Gasteiger partial charge on any atom is 0.227 e. The average molecular weight is 386 g/mol. The van der Waals surface area contributed by atoms with Crippen molar-refractivity contribution >= 4 is 5.91 Å². The van der Waals surface area contributed by atoms with Gasteiger partial charge in [0.05, 0.1) is 6.61 Å². The molecular weight excluding hydrogens is 356 g/mol. The molecule has 1 aliphatic carbocycles. The van der Waals surface area contributed by atoms with Crippen LogP contribution in [0.15, 0.2) is 28.8 Å². The summed E-state index contributed by atoms with van der Waals surface area (Å²) in [4.78, 5) is 16.7. The number of carbonyl (C=O) groups is 1. The van der Waals surface area contributed by atoms with Crippen molar-refractivity contribution in [3.8, 4) is 17.1 Å². The van der Waals surface area contributed by atoms with Crippen LogP contribution in [-0.4, -0.2) is 35.2 Å². The highest BCUT2D eigenvalue weighted by atomic mass is 16.5. The number of aryl methyl sites for hydroxylation is 1. The minimum Gasteiger partial charge on any atom is -0.494 e. The maximum atomic E-state index is 12.3. The summed E-state index contributed by atoms with van der Waals surface area (Å²) < 4.78 is 10.7. The van der Waals surface area contributed by atoms with Crippen LogP contribution in [0, 0.1) is 5.92 Å². The molecule has 1 aromatic carbocycles. The van der Waals surface area contributed by atoms with E-state index in [1.54, 1.807) is 0 Å². The Morgan fingerprint density at radius 1 is 1.29 bits per heavy atom. The first-order valence-corrected chi connectivity index (χ1v) is 10.2. The number of aromatic nitrogens is 2. The van der Waals surface area contributed by atoms with Gasteiger partial charge in [-0.05, 0) is 49.9 Å². The number of rotatable bonds is 9. The smallest absolute Gasteiger partial charge is 0.227 e. The first-order chi connectivity index (χ1) is 13.7. The molecule has 28 heavy (non-hydrogen) atoms. The minimum atomic E-state index is -0.0122. The van der Waals surface area contributed by atoms with E-state index in [1.165, 1.54) is 19.3 Å². The van der Waals surface area contributed by atoms with Crippen molar-refractivity contribution in [3.05, 3.63) is 30.2 Å². The molecule has 0 aliphatic heterocycles. The fraction of sp³-hybridized carbons (Fsp3) is 0.571. The molecule has 152 valence electrons. The standard InChI is InChI=1S/C21H30N4O3/c1-2-27-17-10-8-16(9-11-17)21-24-20(28-25-21)13-12-19(26)23-18(14-22)15-6-4-3-5-7-15/h8-11,15,18H,2-7,12-14,22H2,1H3,(H,23,26). The summed E-state index contributed by atoms with van der Waals surface area (Å²) in [5, 5.41) is 7.11. The summed E-state index contributed by atoms with van der Waals surface area (Å²) in [5.74, 6) is 2.26. The third-order valence-electron chi connectivity index (χ3n) is 5.28. The van der Waals surface area contributed by atoms with E-state index in [4.69, 9.17) is 15.0 Å². The molecule has 7 heteroatoms. The third-order valence-corrected chi connectivity index (χ3v) is 5.28. The quantitative estimate of drug-likeness (QED) is 0.686. The fourth-order valence-corrected chi connectivity index (χ4v) is 3.75. The van der Waals surface area contributed by atoms with Crippen molar-refractivity contribution in [2.75, 3.05) is 13.2 Å². The van der Waals surface area contributed by atoms with Gasteiger partial charge in [-0.1, -0.05) is 24.4 Å². The van der Waals surface area contributed by atoms with Gasteiger partial charge in [0.15, 0.2) is 0 Å².